The van der Waals surface area contributed by atoms with Crippen molar-refractivity contribution in [3.8, 4) is 0 Å². The quantitative estimate of drug-likeness (QED) is 0.779. The minimum Gasteiger partial charge on any atom is -0.378 e. The molecule has 1 N–H and O–H groups in total. The first-order valence-corrected chi connectivity index (χ1v) is 10.5. The van der Waals surface area contributed by atoms with Crippen LogP contribution in [0.15, 0.2) is 48.5 Å². The van der Waals surface area contributed by atoms with Gasteiger partial charge in [0.2, 0.25) is 11.8 Å². The van der Waals surface area contributed by atoms with E-state index in [0.29, 0.717) is 18.1 Å². The molecule has 2 aromatic rings. The zero-order chi connectivity index (χ0) is 20.3. The molecule has 1 unspecified atom stereocenters. The summed E-state index contributed by atoms with van der Waals surface area (Å²) in [6, 6.07) is 15.8. The van der Waals surface area contributed by atoms with Gasteiger partial charge in [-0.3, -0.25) is 14.5 Å². The molecule has 148 valence electrons. The van der Waals surface area contributed by atoms with Crippen LogP contribution in [0.5, 0.6) is 0 Å². The fourth-order valence-electron chi connectivity index (χ4n) is 3.18. The van der Waals surface area contributed by atoms with E-state index in [1.807, 2.05) is 86.3 Å². The smallest absolute Gasteiger partial charge is 0.238 e. The first-order valence-electron chi connectivity index (χ1n) is 9.46. The first-order chi connectivity index (χ1) is 13.3. The molecule has 1 fully saturated rings. The summed E-state index contributed by atoms with van der Waals surface area (Å²) in [5.41, 5.74) is 3.83. The van der Waals surface area contributed by atoms with Crippen LogP contribution in [0.3, 0.4) is 0 Å². The fraction of sp³-hybridized carbons (Fsp3) is 0.364. The van der Waals surface area contributed by atoms with E-state index in [9.17, 15) is 9.59 Å². The molecule has 1 saturated heterocycles. The van der Waals surface area contributed by atoms with Gasteiger partial charge in [0.1, 0.15) is 5.37 Å². The van der Waals surface area contributed by atoms with E-state index in [4.69, 9.17) is 0 Å². The molecule has 2 aromatic carbocycles. The van der Waals surface area contributed by atoms with E-state index >= 15 is 0 Å². The predicted molar refractivity (Wildman–Crippen MR) is 118 cm³/mol. The fourth-order valence-corrected chi connectivity index (χ4v) is 4.35. The monoisotopic (exact) mass is 397 g/mol. The molecule has 0 radical (unpaired) electrons. The SMILES string of the molecule is CC(C)CC(=O)Nc1ccc(C2SCC(=O)N2c2ccc(N(C)C)cc2)cc1. The Labute approximate surface area is 171 Å². The number of benzene rings is 2. The molecule has 3 rings (SSSR count). The molecule has 1 heterocycles. The second kappa shape index (κ2) is 8.69. The number of amides is 2. The first kappa shape index (κ1) is 20.3. The maximum atomic E-state index is 12.5. The summed E-state index contributed by atoms with van der Waals surface area (Å²) >= 11 is 1.62. The van der Waals surface area contributed by atoms with Gasteiger partial charge in [0.05, 0.1) is 5.75 Å². The predicted octanol–water partition coefficient (Wildman–Crippen LogP) is 4.52. The van der Waals surface area contributed by atoms with Gasteiger partial charge in [-0.25, -0.2) is 0 Å². The molecule has 28 heavy (non-hydrogen) atoms. The Morgan fingerprint density at radius 1 is 1.14 bits per heavy atom. The van der Waals surface area contributed by atoms with E-state index in [1.54, 1.807) is 11.8 Å². The van der Waals surface area contributed by atoms with Gasteiger partial charge in [0, 0.05) is 37.6 Å². The lowest BCUT2D eigenvalue weighted by Gasteiger charge is -2.25. The molecule has 5 nitrogen and oxygen atoms in total. The highest BCUT2D eigenvalue weighted by atomic mass is 32.2. The van der Waals surface area contributed by atoms with Crippen LogP contribution in [0.1, 0.15) is 31.2 Å². The summed E-state index contributed by atoms with van der Waals surface area (Å²) in [6.07, 6.45) is 0.505. The van der Waals surface area contributed by atoms with Crippen LogP contribution in [0.4, 0.5) is 17.1 Å². The minimum atomic E-state index is -0.0573. The van der Waals surface area contributed by atoms with Gasteiger partial charge in [-0.15, -0.1) is 11.8 Å². The third-order valence-electron chi connectivity index (χ3n) is 4.59. The molecule has 0 aromatic heterocycles. The molecular formula is C22H27N3O2S. The molecule has 1 atom stereocenters. The molecule has 0 bridgehead atoms. The normalized spacial score (nSPS) is 16.5. The molecule has 0 saturated carbocycles. The Bertz CT molecular complexity index is 832. The van der Waals surface area contributed by atoms with Crippen molar-refractivity contribution in [3.05, 3.63) is 54.1 Å². The third-order valence-corrected chi connectivity index (χ3v) is 5.80. The molecule has 1 aliphatic rings. The lowest BCUT2D eigenvalue weighted by molar-refractivity contribution is -0.117. The van der Waals surface area contributed by atoms with Crippen molar-refractivity contribution >= 4 is 40.6 Å². The van der Waals surface area contributed by atoms with Crippen molar-refractivity contribution in [3.63, 3.8) is 0 Å². The number of anilines is 3. The average Bonchev–Trinajstić information content (AvgIpc) is 3.03. The van der Waals surface area contributed by atoms with Crippen molar-refractivity contribution in [2.24, 2.45) is 5.92 Å². The Morgan fingerprint density at radius 2 is 1.79 bits per heavy atom. The highest BCUT2D eigenvalue weighted by molar-refractivity contribution is 8.00. The zero-order valence-electron chi connectivity index (χ0n) is 16.8. The van der Waals surface area contributed by atoms with Crippen molar-refractivity contribution in [2.75, 3.05) is 35.0 Å². The standard InChI is InChI=1S/C22H27N3O2S/c1-15(2)13-20(26)23-17-7-5-16(6-8-17)22-25(21(27)14-28-22)19-11-9-18(10-12-19)24(3)4/h5-12,15,22H,13-14H2,1-4H3,(H,23,26). The maximum absolute atomic E-state index is 12.5. The highest BCUT2D eigenvalue weighted by Gasteiger charge is 2.34. The lowest BCUT2D eigenvalue weighted by Crippen LogP contribution is -2.27. The van der Waals surface area contributed by atoms with Crippen LogP contribution in [-0.4, -0.2) is 31.7 Å². The number of rotatable bonds is 6. The zero-order valence-corrected chi connectivity index (χ0v) is 17.6. The molecule has 6 heteroatoms. The van der Waals surface area contributed by atoms with Gasteiger partial charge in [-0.2, -0.15) is 0 Å². The number of carbonyl (C=O) groups excluding carboxylic acids is 2. The lowest BCUT2D eigenvalue weighted by atomic mass is 10.1. The van der Waals surface area contributed by atoms with Crippen LogP contribution in [0.2, 0.25) is 0 Å². The van der Waals surface area contributed by atoms with Crippen LogP contribution in [0.25, 0.3) is 0 Å². The molecule has 0 spiro atoms. The summed E-state index contributed by atoms with van der Waals surface area (Å²) in [7, 11) is 3.99. The largest absolute Gasteiger partial charge is 0.378 e. The topological polar surface area (TPSA) is 52.7 Å². The summed E-state index contributed by atoms with van der Waals surface area (Å²) in [6.45, 7) is 4.05. The van der Waals surface area contributed by atoms with Gasteiger partial charge in [0.15, 0.2) is 0 Å². The van der Waals surface area contributed by atoms with Crippen LogP contribution < -0.4 is 15.1 Å². The number of nitrogens with zero attached hydrogens (tertiary/aromatic N) is 2. The van der Waals surface area contributed by atoms with Gasteiger partial charge < -0.3 is 10.2 Å². The van der Waals surface area contributed by atoms with Gasteiger partial charge in [0.25, 0.3) is 0 Å². The Morgan fingerprint density at radius 3 is 2.36 bits per heavy atom. The number of hydrogen-bond donors (Lipinski definition) is 1. The van der Waals surface area contributed by atoms with Crippen LogP contribution in [0, 0.1) is 5.92 Å². The summed E-state index contributed by atoms with van der Waals surface area (Å²) < 4.78 is 0. The maximum Gasteiger partial charge on any atom is 0.238 e. The Kier molecular flexibility index (Phi) is 6.29. The number of nitrogens with one attached hydrogen (secondary N) is 1. The molecule has 0 aliphatic carbocycles. The van der Waals surface area contributed by atoms with Crippen molar-refractivity contribution in [1.82, 2.24) is 0 Å². The number of hydrogen-bond acceptors (Lipinski definition) is 4. The molecule has 2 amide bonds. The van der Waals surface area contributed by atoms with Crippen LogP contribution >= 0.6 is 11.8 Å². The van der Waals surface area contributed by atoms with E-state index in [1.165, 1.54) is 0 Å². The summed E-state index contributed by atoms with van der Waals surface area (Å²) in [5, 5.41) is 2.87. The van der Waals surface area contributed by atoms with E-state index in [0.717, 1.165) is 22.6 Å². The number of thioether (sulfide) groups is 1. The summed E-state index contributed by atoms with van der Waals surface area (Å²) in [5.74, 6) is 0.929. The van der Waals surface area contributed by atoms with Crippen molar-refractivity contribution in [1.29, 1.82) is 0 Å². The minimum absolute atomic E-state index is 0.0239. The second-order valence-corrected chi connectivity index (χ2v) is 8.67. The highest BCUT2D eigenvalue weighted by Crippen LogP contribution is 2.42. The van der Waals surface area contributed by atoms with Gasteiger partial charge >= 0.3 is 0 Å². The van der Waals surface area contributed by atoms with Crippen LogP contribution in [-0.2, 0) is 9.59 Å². The third kappa shape index (κ3) is 4.68. The Hall–Kier alpha value is -2.47. The van der Waals surface area contributed by atoms with Gasteiger partial charge in [-0.1, -0.05) is 26.0 Å². The average molecular weight is 398 g/mol. The Balaban J connectivity index is 1.76. The molecule has 1 aliphatic heterocycles. The molecular weight excluding hydrogens is 370 g/mol. The van der Waals surface area contributed by atoms with E-state index in [2.05, 4.69) is 5.32 Å². The van der Waals surface area contributed by atoms with Crippen molar-refractivity contribution in [2.45, 2.75) is 25.6 Å². The van der Waals surface area contributed by atoms with Crippen molar-refractivity contribution < 1.29 is 9.59 Å². The van der Waals surface area contributed by atoms with E-state index in [-0.39, 0.29) is 17.2 Å². The second-order valence-electron chi connectivity index (χ2n) is 7.61. The summed E-state index contributed by atoms with van der Waals surface area (Å²) in [4.78, 5) is 28.4. The van der Waals surface area contributed by atoms with Gasteiger partial charge in [-0.05, 0) is 47.9 Å². The number of carbonyl (C=O) groups is 2. The van der Waals surface area contributed by atoms with E-state index < -0.39 is 0 Å².